The van der Waals surface area contributed by atoms with E-state index in [9.17, 15) is 4.79 Å². The molecule has 2 nitrogen and oxygen atoms in total. The zero-order chi connectivity index (χ0) is 12.0. The molecule has 0 N–H and O–H groups in total. The van der Waals surface area contributed by atoms with Crippen LogP contribution in [0.1, 0.15) is 33.6 Å². The van der Waals surface area contributed by atoms with Gasteiger partial charge in [-0.15, -0.1) is 0 Å². The molecule has 1 unspecified atom stereocenters. The number of para-hydroxylation sites is 1. The number of carbonyl (C=O) groups is 1. The Labute approximate surface area is 97.6 Å². The molecular weight excluding hydrogens is 200 g/mol. The lowest BCUT2D eigenvalue weighted by Gasteiger charge is -2.12. The minimum atomic E-state index is -0.139. The lowest BCUT2D eigenvalue weighted by Crippen LogP contribution is -2.13. The third-order valence-corrected chi connectivity index (χ3v) is 2.36. The topological polar surface area (TPSA) is 26.3 Å². The predicted octanol–water partition coefficient (Wildman–Crippen LogP) is 3.66. The zero-order valence-corrected chi connectivity index (χ0v) is 10.3. The van der Waals surface area contributed by atoms with Crippen LogP contribution in [0, 0.1) is 11.8 Å². The number of benzene rings is 1. The summed E-state index contributed by atoms with van der Waals surface area (Å²) in [5, 5.41) is 0. The van der Waals surface area contributed by atoms with Crippen LogP contribution >= 0.6 is 0 Å². The van der Waals surface area contributed by atoms with Gasteiger partial charge in [0.1, 0.15) is 5.75 Å². The molecule has 2 heteroatoms. The monoisotopic (exact) mass is 220 g/mol. The average Bonchev–Trinajstić information content (AvgIpc) is 2.17. The first kappa shape index (κ1) is 12.8. The number of ether oxygens (including phenoxy) is 1. The van der Waals surface area contributed by atoms with Gasteiger partial charge in [-0.1, -0.05) is 39.0 Å². The van der Waals surface area contributed by atoms with Crippen LogP contribution in [0.2, 0.25) is 0 Å². The van der Waals surface area contributed by atoms with Gasteiger partial charge < -0.3 is 4.74 Å². The van der Waals surface area contributed by atoms with Crippen molar-refractivity contribution in [3.05, 3.63) is 30.3 Å². The van der Waals surface area contributed by atoms with Crippen LogP contribution in [0.3, 0.4) is 0 Å². The van der Waals surface area contributed by atoms with Crippen LogP contribution in [0.25, 0.3) is 0 Å². The molecule has 1 aromatic rings. The van der Waals surface area contributed by atoms with Crippen molar-refractivity contribution in [3.63, 3.8) is 0 Å². The number of carbonyl (C=O) groups excluding carboxylic acids is 1. The van der Waals surface area contributed by atoms with Crippen LogP contribution in [-0.4, -0.2) is 5.97 Å². The molecule has 0 aliphatic carbocycles. The number of hydrogen-bond acceptors (Lipinski definition) is 2. The smallest absolute Gasteiger partial charge is 0.311 e. The molecule has 88 valence electrons. The van der Waals surface area contributed by atoms with Crippen molar-refractivity contribution in [1.82, 2.24) is 0 Å². The van der Waals surface area contributed by atoms with Gasteiger partial charge in [-0.05, 0) is 30.4 Å². The van der Waals surface area contributed by atoms with E-state index in [0.29, 0.717) is 24.0 Å². The maximum atomic E-state index is 11.6. The Bertz CT molecular complexity index is 317. The van der Waals surface area contributed by atoms with Crippen molar-refractivity contribution in [2.24, 2.45) is 11.8 Å². The van der Waals surface area contributed by atoms with Gasteiger partial charge in [0.05, 0.1) is 0 Å². The Balaban J connectivity index is 2.36. The molecule has 0 saturated carbocycles. The maximum Gasteiger partial charge on any atom is 0.311 e. The highest BCUT2D eigenvalue weighted by molar-refractivity contribution is 5.72. The normalized spacial score (nSPS) is 12.5. The standard InChI is InChI=1S/C14H20O2/c1-11(2)9-12(3)10-14(15)16-13-7-5-4-6-8-13/h4-8,11-12H,9-10H2,1-3H3. The molecule has 0 radical (unpaired) electrons. The van der Waals surface area contributed by atoms with Gasteiger partial charge in [0, 0.05) is 6.42 Å². The lowest BCUT2D eigenvalue weighted by molar-refractivity contribution is -0.135. The minimum Gasteiger partial charge on any atom is -0.427 e. The number of esters is 1. The summed E-state index contributed by atoms with van der Waals surface area (Å²) in [5.74, 6) is 1.50. The summed E-state index contributed by atoms with van der Waals surface area (Å²) >= 11 is 0. The van der Waals surface area contributed by atoms with E-state index in [1.807, 2.05) is 18.2 Å². The second-order valence-corrected chi connectivity index (χ2v) is 4.73. The highest BCUT2D eigenvalue weighted by atomic mass is 16.5. The van der Waals surface area contributed by atoms with Gasteiger partial charge in [0.2, 0.25) is 0 Å². The fourth-order valence-corrected chi connectivity index (χ4v) is 1.83. The summed E-state index contributed by atoms with van der Waals surface area (Å²) in [6, 6.07) is 9.22. The van der Waals surface area contributed by atoms with E-state index in [1.54, 1.807) is 12.1 Å². The van der Waals surface area contributed by atoms with Crippen molar-refractivity contribution in [3.8, 4) is 5.75 Å². The third kappa shape index (κ3) is 4.96. The average molecular weight is 220 g/mol. The van der Waals surface area contributed by atoms with E-state index >= 15 is 0 Å². The van der Waals surface area contributed by atoms with E-state index in [4.69, 9.17) is 4.74 Å². The lowest BCUT2D eigenvalue weighted by atomic mass is 9.96. The first-order valence-electron chi connectivity index (χ1n) is 5.83. The Kier molecular flexibility index (Phi) is 5.03. The fourth-order valence-electron chi connectivity index (χ4n) is 1.83. The molecule has 0 aliphatic rings. The van der Waals surface area contributed by atoms with E-state index in [1.165, 1.54) is 0 Å². The van der Waals surface area contributed by atoms with Crippen molar-refractivity contribution in [1.29, 1.82) is 0 Å². The molecule has 1 rings (SSSR count). The van der Waals surface area contributed by atoms with E-state index in [-0.39, 0.29) is 5.97 Å². The molecule has 1 aromatic carbocycles. The summed E-state index contributed by atoms with van der Waals surface area (Å²) in [4.78, 5) is 11.6. The third-order valence-electron chi connectivity index (χ3n) is 2.36. The van der Waals surface area contributed by atoms with E-state index < -0.39 is 0 Å². The van der Waals surface area contributed by atoms with Gasteiger partial charge in [-0.25, -0.2) is 0 Å². The van der Waals surface area contributed by atoms with Gasteiger partial charge in [-0.2, -0.15) is 0 Å². The molecule has 0 fully saturated rings. The highest BCUT2D eigenvalue weighted by Crippen LogP contribution is 2.16. The molecular formula is C14H20O2. The second-order valence-electron chi connectivity index (χ2n) is 4.73. The predicted molar refractivity (Wildman–Crippen MR) is 65.3 cm³/mol. The summed E-state index contributed by atoms with van der Waals surface area (Å²) in [6.45, 7) is 6.42. The van der Waals surface area contributed by atoms with Gasteiger partial charge >= 0.3 is 5.97 Å². The largest absolute Gasteiger partial charge is 0.427 e. The molecule has 0 saturated heterocycles. The first-order valence-corrected chi connectivity index (χ1v) is 5.83. The minimum absolute atomic E-state index is 0.139. The Morgan fingerprint density at radius 3 is 2.38 bits per heavy atom. The van der Waals surface area contributed by atoms with Crippen molar-refractivity contribution in [2.75, 3.05) is 0 Å². The van der Waals surface area contributed by atoms with Crippen LogP contribution in [-0.2, 0) is 4.79 Å². The summed E-state index contributed by atoms with van der Waals surface area (Å²) in [6.07, 6.45) is 1.55. The SMILES string of the molecule is CC(C)CC(C)CC(=O)Oc1ccccc1. The zero-order valence-electron chi connectivity index (χ0n) is 10.3. The second kappa shape index (κ2) is 6.31. The molecule has 1 atom stereocenters. The van der Waals surface area contributed by atoms with Gasteiger partial charge in [0.25, 0.3) is 0 Å². The molecule has 0 aliphatic heterocycles. The van der Waals surface area contributed by atoms with Crippen LogP contribution in [0.5, 0.6) is 5.75 Å². The van der Waals surface area contributed by atoms with Crippen LogP contribution in [0.4, 0.5) is 0 Å². The number of hydrogen-bond donors (Lipinski definition) is 0. The summed E-state index contributed by atoms with van der Waals surface area (Å²) < 4.78 is 5.23. The molecule has 0 spiro atoms. The van der Waals surface area contributed by atoms with Crippen molar-refractivity contribution >= 4 is 5.97 Å². The van der Waals surface area contributed by atoms with Crippen molar-refractivity contribution in [2.45, 2.75) is 33.6 Å². The fraction of sp³-hybridized carbons (Fsp3) is 0.500. The molecule has 0 bridgehead atoms. The Hall–Kier alpha value is -1.31. The quantitative estimate of drug-likeness (QED) is 0.559. The Morgan fingerprint density at radius 1 is 1.19 bits per heavy atom. The molecule has 16 heavy (non-hydrogen) atoms. The van der Waals surface area contributed by atoms with Crippen LogP contribution in [0.15, 0.2) is 30.3 Å². The van der Waals surface area contributed by atoms with Gasteiger partial charge in [0.15, 0.2) is 0 Å². The summed E-state index contributed by atoms with van der Waals surface area (Å²) in [7, 11) is 0. The number of rotatable bonds is 5. The first-order chi connectivity index (χ1) is 7.58. The van der Waals surface area contributed by atoms with Crippen LogP contribution < -0.4 is 4.74 Å². The maximum absolute atomic E-state index is 11.6. The van der Waals surface area contributed by atoms with Crippen molar-refractivity contribution < 1.29 is 9.53 Å². The highest BCUT2D eigenvalue weighted by Gasteiger charge is 2.12. The molecule has 0 heterocycles. The molecule has 0 amide bonds. The van der Waals surface area contributed by atoms with E-state index in [0.717, 1.165) is 6.42 Å². The van der Waals surface area contributed by atoms with Gasteiger partial charge in [-0.3, -0.25) is 4.79 Å². The summed E-state index contributed by atoms with van der Waals surface area (Å²) in [5.41, 5.74) is 0. The van der Waals surface area contributed by atoms with E-state index in [2.05, 4.69) is 20.8 Å². The Morgan fingerprint density at radius 2 is 1.81 bits per heavy atom. The molecule has 0 aromatic heterocycles.